The standard InChI is InChI=1S/C14H11BrN2O3/c1-8-10(3-2-4-11(8)15)13(18)17-12-6-5-9(7-16-12)14(19)20/h2-7H,1H3,(H,19,20)(H,16,17,18). The molecule has 1 amide bonds. The van der Waals surface area contributed by atoms with E-state index in [2.05, 4.69) is 26.2 Å². The third kappa shape index (κ3) is 3.03. The molecule has 0 spiro atoms. The first-order valence-electron chi connectivity index (χ1n) is 5.75. The van der Waals surface area contributed by atoms with E-state index in [1.165, 1.54) is 18.3 Å². The zero-order valence-corrected chi connectivity index (χ0v) is 12.1. The molecule has 6 heteroatoms. The van der Waals surface area contributed by atoms with E-state index >= 15 is 0 Å². The number of hydrogen-bond acceptors (Lipinski definition) is 3. The number of nitrogens with one attached hydrogen (secondary N) is 1. The van der Waals surface area contributed by atoms with Gasteiger partial charge in [0.25, 0.3) is 5.91 Å². The maximum absolute atomic E-state index is 12.1. The van der Waals surface area contributed by atoms with Crippen molar-refractivity contribution >= 4 is 33.6 Å². The number of carbonyl (C=O) groups excluding carboxylic acids is 1. The number of halogens is 1. The molecule has 2 rings (SSSR count). The molecule has 0 aliphatic carbocycles. The molecule has 0 saturated carbocycles. The van der Waals surface area contributed by atoms with Gasteiger partial charge < -0.3 is 10.4 Å². The van der Waals surface area contributed by atoms with E-state index in [9.17, 15) is 9.59 Å². The minimum Gasteiger partial charge on any atom is -0.478 e. The van der Waals surface area contributed by atoms with Crippen LogP contribution < -0.4 is 5.32 Å². The second kappa shape index (κ2) is 5.83. The fraction of sp³-hybridized carbons (Fsp3) is 0.0714. The quantitative estimate of drug-likeness (QED) is 0.903. The van der Waals surface area contributed by atoms with Gasteiger partial charge in [-0.25, -0.2) is 9.78 Å². The van der Waals surface area contributed by atoms with E-state index in [1.54, 1.807) is 12.1 Å². The van der Waals surface area contributed by atoms with Gasteiger partial charge in [0.15, 0.2) is 0 Å². The molecule has 0 fully saturated rings. The van der Waals surface area contributed by atoms with Gasteiger partial charge >= 0.3 is 5.97 Å². The van der Waals surface area contributed by atoms with Crippen LogP contribution in [0.3, 0.4) is 0 Å². The number of pyridine rings is 1. The average molecular weight is 335 g/mol. The second-order valence-corrected chi connectivity index (χ2v) is 4.96. The summed E-state index contributed by atoms with van der Waals surface area (Å²) in [5.74, 6) is -1.04. The number of hydrogen-bond donors (Lipinski definition) is 2. The lowest BCUT2D eigenvalue weighted by molar-refractivity contribution is 0.0696. The lowest BCUT2D eigenvalue weighted by atomic mass is 10.1. The van der Waals surface area contributed by atoms with Gasteiger partial charge in [-0.3, -0.25) is 4.79 Å². The summed E-state index contributed by atoms with van der Waals surface area (Å²) in [6, 6.07) is 8.17. The number of amides is 1. The normalized spacial score (nSPS) is 10.1. The van der Waals surface area contributed by atoms with Gasteiger partial charge in [-0.15, -0.1) is 0 Å². The SMILES string of the molecule is Cc1c(Br)cccc1C(=O)Nc1ccc(C(=O)O)cn1. The number of nitrogens with zero attached hydrogens (tertiary/aromatic N) is 1. The molecule has 0 unspecified atom stereocenters. The number of anilines is 1. The minimum atomic E-state index is -1.06. The summed E-state index contributed by atoms with van der Waals surface area (Å²) in [5, 5.41) is 11.4. The molecule has 2 aromatic rings. The lowest BCUT2D eigenvalue weighted by Gasteiger charge is -2.08. The Kier molecular flexibility index (Phi) is 4.14. The van der Waals surface area contributed by atoms with Crippen LogP contribution in [-0.4, -0.2) is 22.0 Å². The summed E-state index contributed by atoms with van der Waals surface area (Å²) in [7, 11) is 0. The summed E-state index contributed by atoms with van der Waals surface area (Å²) in [5.41, 5.74) is 1.43. The van der Waals surface area contributed by atoms with E-state index in [4.69, 9.17) is 5.11 Å². The van der Waals surface area contributed by atoms with Crippen LogP contribution in [0.5, 0.6) is 0 Å². The number of carboxylic acids is 1. The van der Waals surface area contributed by atoms with Crippen LogP contribution in [-0.2, 0) is 0 Å². The summed E-state index contributed by atoms with van der Waals surface area (Å²) < 4.78 is 0.847. The van der Waals surface area contributed by atoms with Crippen LogP contribution in [0.1, 0.15) is 26.3 Å². The molecular weight excluding hydrogens is 324 g/mol. The summed E-state index contributed by atoms with van der Waals surface area (Å²) in [6.45, 7) is 1.83. The van der Waals surface area contributed by atoms with Crippen molar-refractivity contribution in [2.75, 3.05) is 5.32 Å². The second-order valence-electron chi connectivity index (χ2n) is 4.10. The van der Waals surface area contributed by atoms with E-state index in [1.807, 2.05) is 13.0 Å². The Labute approximate surface area is 123 Å². The highest BCUT2D eigenvalue weighted by atomic mass is 79.9. The zero-order chi connectivity index (χ0) is 14.7. The Morgan fingerprint density at radius 1 is 1.25 bits per heavy atom. The van der Waals surface area contributed by atoms with Crippen molar-refractivity contribution in [3.8, 4) is 0 Å². The molecule has 5 nitrogen and oxygen atoms in total. The Morgan fingerprint density at radius 3 is 2.60 bits per heavy atom. The van der Waals surface area contributed by atoms with E-state index in [0.29, 0.717) is 11.4 Å². The monoisotopic (exact) mass is 334 g/mol. The number of aromatic carboxylic acids is 1. The largest absolute Gasteiger partial charge is 0.478 e. The third-order valence-electron chi connectivity index (χ3n) is 2.76. The molecule has 0 aliphatic rings. The minimum absolute atomic E-state index is 0.0710. The highest BCUT2D eigenvalue weighted by Gasteiger charge is 2.12. The van der Waals surface area contributed by atoms with Gasteiger partial charge in [-0.05, 0) is 36.8 Å². The van der Waals surface area contributed by atoms with Crippen molar-refractivity contribution in [3.63, 3.8) is 0 Å². The summed E-state index contributed by atoms with van der Waals surface area (Å²) >= 11 is 3.36. The zero-order valence-electron chi connectivity index (χ0n) is 10.6. The number of benzene rings is 1. The molecule has 20 heavy (non-hydrogen) atoms. The molecular formula is C14H11BrN2O3. The number of carbonyl (C=O) groups is 2. The molecule has 0 aliphatic heterocycles. The smallest absolute Gasteiger partial charge is 0.337 e. The van der Waals surface area contributed by atoms with Crippen molar-refractivity contribution < 1.29 is 14.7 Å². The first-order chi connectivity index (χ1) is 9.49. The highest BCUT2D eigenvalue weighted by Crippen LogP contribution is 2.20. The fourth-order valence-corrected chi connectivity index (χ4v) is 2.00. The molecule has 0 saturated heterocycles. The van der Waals surface area contributed by atoms with Gasteiger partial charge in [0, 0.05) is 16.2 Å². The molecule has 102 valence electrons. The van der Waals surface area contributed by atoms with Gasteiger partial charge in [-0.2, -0.15) is 0 Å². The highest BCUT2D eigenvalue weighted by molar-refractivity contribution is 9.10. The van der Waals surface area contributed by atoms with Crippen LogP contribution in [0, 0.1) is 6.92 Å². The molecule has 0 bridgehead atoms. The molecule has 1 heterocycles. The first kappa shape index (κ1) is 14.2. The van der Waals surface area contributed by atoms with Gasteiger partial charge in [-0.1, -0.05) is 22.0 Å². The summed E-state index contributed by atoms with van der Waals surface area (Å²) in [6.07, 6.45) is 1.20. The molecule has 0 atom stereocenters. The fourth-order valence-electron chi connectivity index (χ4n) is 1.63. The predicted octanol–water partition coefficient (Wildman–Crippen LogP) is 3.10. The molecule has 1 aromatic carbocycles. The molecule has 0 radical (unpaired) electrons. The maximum atomic E-state index is 12.1. The number of rotatable bonds is 3. The van der Waals surface area contributed by atoms with Crippen molar-refractivity contribution in [1.82, 2.24) is 4.98 Å². The van der Waals surface area contributed by atoms with Crippen LogP contribution in [0.2, 0.25) is 0 Å². The van der Waals surface area contributed by atoms with E-state index < -0.39 is 5.97 Å². The molecule has 2 N–H and O–H groups in total. The van der Waals surface area contributed by atoms with Gasteiger partial charge in [0.1, 0.15) is 5.82 Å². The van der Waals surface area contributed by atoms with Gasteiger partial charge in [0.2, 0.25) is 0 Å². The predicted molar refractivity (Wildman–Crippen MR) is 78.0 cm³/mol. The average Bonchev–Trinajstić information content (AvgIpc) is 2.42. The third-order valence-corrected chi connectivity index (χ3v) is 3.62. The maximum Gasteiger partial charge on any atom is 0.337 e. The van der Waals surface area contributed by atoms with Crippen LogP contribution in [0.4, 0.5) is 5.82 Å². The number of aromatic nitrogens is 1. The Balaban J connectivity index is 2.19. The van der Waals surface area contributed by atoms with E-state index in [-0.39, 0.29) is 11.5 Å². The van der Waals surface area contributed by atoms with Gasteiger partial charge in [0.05, 0.1) is 5.56 Å². The van der Waals surface area contributed by atoms with Crippen molar-refractivity contribution in [2.45, 2.75) is 6.92 Å². The summed E-state index contributed by atoms with van der Waals surface area (Å²) in [4.78, 5) is 26.7. The number of carboxylic acid groups (broad SMARTS) is 1. The van der Waals surface area contributed by atoms with Crippen LogP contribution in [0.15, 0.2) is 41.0 Å². The van der Waals surface area contributed by atoms with Crippen molar-refractivity contribution in [3.05, 3.63) is 57.7 Å². The first-order valence-corrected chi connectivity index (χ1v) is 6.54. The Bertz CT molecular complexity index is 669. The van der Waals surface area contributed by atoms with E-state index in [0.717, 1.165) is 10.0 Å². The van der Waals surface area contributed by atoms with Crippen LogP contribution >= 0.6 is 15.9 Å². The topological polar surface area (TPSA) is 79.3 Å². The lowest BCUT2D eigenvalue weighted by Crippen LogP contribution is -2.14. The molecule has 1 aromatic heterocycles. The van der Waals surface area contributed by atoms with Crippen molar-refractivity contribution in [2.24, 2.45) is 0 Å². The Morgan fingerprint density at radius 2 is 2.00 bits per heavy atom. The van der Waals surface area contributed by atoms with Crippen LogP contribution in [0.25, 0.3) is 0 Å². The van der Waals surface area contributed by atoms with Crippen molar-refractivity contribution in [1.29, 1.82) is 0 Å². The Hall–Kier alpha value is -2.21.